The van der Waals surface area contributed by atoms with Gasteiger partial charge < -0.3 is 9.64 Å². The SMILES string of the molecule is COc1cc(C)c(Cl)c(C)c1N(C)C(C)(C)C#N. The maximum Gasteiger partial charge on any atom is 0.142 e. The highest BCUT2D eigenvalue weighted by atomic mass is 35.5. The molecule has 0 atom stereocenters. The van der Waals surface area contributed by atoms with E-state index in [1.165, 1.54) is 0 Å². The van der Waals surface area contributed by atoms with Crippen molar-refractivity contribution in [2.24, 2.45) is 0 Å². The summed E-state index contributed by atoms with van der Waals surface area (Å²) in [6, 6.07) is 4.18. The van der Waals surface area contributed by atoms with Crippen LogP contribution < -0.4 is 9.64 Å². The third-order valence-corrected chi connectivity index (χ3v) is 3.86. The van der Waals surface area contributed by atoms with Gasteiger partial charge in [-0.2, -0.15) is 5.26 Å². The molecule has 0 unspecified atom stereocenters. The number of methoxy groups -OCH3 is 1. The summed E-state index contributed by atoms with van der Waals surface area (Å²) in [5.74, 6) is 0.736. The Morgan fingerprint density at radius 2 is 1.94 bits per heavy atom. The van der Waals surface area contributed by atoms with Crippen molar-refractivity contribution < 1.29 is 4.74 Å². The Labute approximate surface area is 114 Å². The summed E-state index contributed by atoms with van der Waals surface area (Å²) in [6.07, 6.45) is 0. The van der Waals surface area contributed by atoms with Crippen molar-refractivity contribution in [3.05, 3.63) is 22.2 Å². The second-order valence-electron chi connectivity index (χ2n) is 4.91. The van der Waals surface area contributed by atoms with Gasteiger partial charge in [-0.25, -0.2) is 0 Å². The third kappa shape index (κ3) is 2.39. The molecular weight excluding hydrogens is 248 g/mol. The van der Waals surface area contributed by atoms with Crippen molar-refractivity contribution in [3.63, 3.8) is 0 Å². The van der Waals surface area contributed by atoms with Crippen molar-refractivity contribution in [2.45, 2.75) is 33.2 Å². The number of benzene rings is 1. The van der Waals surface area contributed by atoms with Crippen LogP contribution in [0.3, 0.4) is 0 Å². The molecule has 0 saturated carbocycles. The first-order chi connectivity index (χ1) is 8.26. The molecule has 0 amide bonds. The van der Waals surface area contributed by atoms with Gasteiger partial charge in [-0.1, -0.05) is 11.6 Å². The third-order valence-electron chi connectivity index (χ3n) is 3.28. The minimum Gasteiger partial charge on any atom is -0.495 e. The second-order valence-corrected chi connectivity index (χ2v) is 5.29. The van der Waals surface area contributed by atoms with Gasteiger partial charge in [-0.05, 0) is 44.9 Å². The van der Waals surface area contributed by atoms with Gasteiger partial charge >= 0.3 is 0 Å². The Morgan fingerprint density at radius 3 is 2.39 bits per heavy atom. The van der Waals surface area contributed by atoms with E-state index in [1.54, 1.807) is 7.11 Å². The zero-order valence-corrected chi connectivity index (χ0v) is 12.5. The summed E-state index contributed by atoms with van der Waals surface area (Å²) in [4.78, 5) is 1.90. The zero-order valence-electron chi connectivity index (χ0n) is 11.8. The van der Waals surface area contributed by atoms with E-state index in [-0.39, 0.29) is 0 Å². The number of anilines is 1. The second kappa shape index (κ2) is 5.07. The Kier molecular flexibility index (Phi) is 4.13. The fourth-order valence-electron chi connectivity index (χ4n) is 1.84. The molecule has 0 bridgehead atoms. The van der Waals surface area contributed by atoms with Crippen LogP contribution >= 0.6 is 11.6 Å². The van der Waals surface area contributed by atoms with Gasteiger partial charge in [0.05, 0.1) is 18.9 Å². The largest absolute Gasteiger partial charge is 0.495 e. The fraction of sp³-hybridized carbons (Fsp3) is 0.500. The standard InChI is InChI=1S/C14H19ClN2O/c1-9-7-11(18-6)13(10(2)12(9)15)17(5)14(3,4)8-16/h7H,1-6H3. The molecule has 0 spiro atoms. The van der Waals surface area contributed by atoms with Gasteiger partial charge in [0, 0.05) is 12.1 Å². The lowest BCUT2D eigenvalue weighted by molar-refractivity contribution is 0.412. The van der Waals surface area contributed by atoms with Crippen molar-refractivity contribution in [1.29, 1.82) is 5.26 Å². The number of halogens is 1. The van der Waals surface area contributed by atoms with Crippen molar-refractivity contribution in [2.75, 3.05) is 19.1 Å². The molecule has 0 aliphatic heterocycles. The quantitative estimate of drug-likeness (QED) is 0.837. The molecule has 1 aromatic rings. The van der Waals surface area contributed by atoms with E-state index in [2.05, 4.69) is 6.07 Å². The van der Waals surface area contributed by atoms with Crippen LogP contribution in [0.1, 0.15) is 25.0 Å². The molecule has 0 saturated heterocycles. The van der Waals surface area contributed by atoms with Crippen LogP contribution in [0.4, 0.5) is 5.69 Å². The average Bonchev–Trinajstić information content (AvgIpc) is 2.34. The number of hydrogen-bond acceptors (Lipinski definition) is 3. The molecule has 3 nitrogen and oxygen atoms in total. The Morgan fingerprint density at radius 1 is 1.39 bits per heavy atom. The number of aryl methyl sites for hydroxylation is 1. The van der Waals surface area contributed by atoms with E-state index in [0.29, 0.717) is 5.02 Å². The first kappa shape index (κ1) is 14.7. The topological polar surface area (TPSA) is 36.3 Å². The maximum atomic E-state index is 9.24. The molecule has 0 radical (unpaired) electrons. The van der Waals surface area contributed by atoms with Crippen LogP contribution in [0, 0.1) is 25.2 Å². The summed E-state index contributed by atoms with van der Waals surface area (Å²) in [7, 11) is 3.50. The van der Waals surface area contributed by atoms with Gasteiger partial charge in [0.15, 0.2) is 0 Å². The maximum absolute atomic E-state index is 9.24. The highest BCUT2D eigenvalue weighted by Gasteiger charge is 2.28. The molecule has 98 valence electrons. The Hall–Kier alpha value is -1.40. The smallest absolute Gasteiger partial charge is 0.142 e. The summed E-state index contributed by atoms with van der Waals surface area (Å²) in [6.45, 7) is 7.60. The molecule has 0 N–H and O–H groups in total. The minimum atomic E-state index is -0.628. The van der Waals surface area contributed by atoms with Crippen LogP contribution in [0.25, 0.3) is 0 Å². The molecule has 0 aliphatic rings. The Bertz CT molecular complexity index is 503. The van der Waals surface area contributed by atoms with Crippen LogP contribution in [0.15, 0.2) is 6.07 Å². The fourth-order valence-corrected chi connectivity index (χ4v) is 1.98. The molecule has 0 fully saturated rings. The molecular formula is C14H19ClN2O. The summed E-state index contributed by atoms with van der Waals surface area (Å²) in [5.41, 5.74) is 2.13. The average molecular weight is 267 g/mol. The van der Waals surface area contributed by atoms with Crippen LogP contribution in [-0.4, -0.2) is 19.7 Å². The lowest BCUT2D eigenvalue weighted by Crippen LogP contribution is -2.40. The molecule has 0 aromatic heterocycles. The minimum absolute atomic E-state index is 0.628. The summed E-state index contributed by atoms with van der Waals surface area (Å²) >= 11 is 6.28. The van der Waals surface area contributed by atoms with Crippen LogP contribution in [0.5, 0.6) is 5.75 Å². The van der Waals surface area contributed by atoms with Crippen molar-refractivity contribution in [3.8, 4) is 11.8 Å². The lowest BCUT2D eigenvalue weighted by Gasteiger charge is -2.34. The van der Waals surface area contributed by atoms with E-state index < -0.39 is 5.54 Å². The monoisotopic (exact) mass is 266 g/mol. The van der Waals surface area contributed by atoms with E-state index >= 15 is 0 Å². The van der Waals surface area contributed by atoms with E-state index in [0.717, 1.165) is 22.6 Å². The van der Waals surface area contributed by atoms with Gasteiger partial charge in [0.25, 0.3) is 0 Å². The van der Waals surface area contributed by atoms with E-state index in [1.807, 2.05) is 45.7 Å². The molecule has 1 rings (SSSR count). The first-order valence-electron chi connectivity index (χ1n) is 5.75. The molecule has 0 heterocycles. The number of nitrogens with zero attached hydrogens (tertiary/aromatic N) is 2. The summed E-state index contributed by atoms with van der Waals surface area (Å²) in [5, 5.41) is 9.95. The van der Waals surface area contributed by atoms with Gasteiger partial charge in [-0.3, -0.25) is 0 Å². The van der Waals surface area contributed by atoms with Crippen LogP contribution in [-0.2, 0) is 0 Å². The highest BCUT2D eigenvalue weighted by Crippen LogP contribution is 2.40. The number of ether oxygens (including phenoxy) is 1. The zero-order chi connectivity index (χ0) is 14.1. The Balaban J connectivity index is 3.50. The highest BCUT2D eigenvalue weighted by molar-refractivity contribution is 6.32. The first-order valence-corrected chi connectivity index (χ1v) is 6.12. The van der Waals surface area contributed by atoms with E-state index in [9.17, 15) is 5.26 Å². The molecule has 18 heavy (non-hydrogen) atoms. The number of hydrogen-bond donors (Lipinski definition) is 0. The lowest BCUT2D eigenvalue weighted by atomic mass is 10.0. The van der Waals surface area contributed by atoms with Crippen LogP contribution in [0.2, 0.25) is 5.02 Å². The predicted octanol–water partition coefficient (Wildman–Crippen LogP) is 3.70. The molecule has 0 aliphatic carbocycles. The van der Waals surface area contributed by atoms with Gasteiger partial charge in [0.1, 0.15) is 11.3 Å². The van der Waals surface area contributed by atoms with Gasteiger partial charge in [0.2, 0.25) is 0 Å². The predicted molar refractivity (Wildman–Crippen MR) is 75.6 cm³/mol. The number of nitriles is 1. The number of rotatable bonds is 3. The van der Waals surface area contributed by atoms with E-state index in [4.69, 9.17) is 16.3 Å². The van der Waals surface area contributed by atoms with Crippen molar-refractivity contribution >= 4 is 17.3 Å². The van der Waals surface area contributed by atoms with Gasteiger partial charge in [-0.15, -0.1) is 0 Å². The van der Waals surface area contributed by atoms with Crippen molar-refractivity contribution in [1.82, 2.24) is 0 Å². The normalized spacial score (nSPS) is 11.0. The summed E-state index contributed by atoms with van der Waals surface area (Å²) < 4.78 is 5.41. The molecule has 4 heteroatoms. The molecule has 1 aromatic carbocycles.